The molecule has 0 aromatic heterocycles. The van der Waals surface area contributed by atoms with Gasteiger partial charge in [0.05, 0.1) is 15.9 Å². The third-order valence-corrected chi connectivity index (χ3v) is 9.64. The predicted octanol–water partition coefficient (Wildman–Crippen LogP) is 8.33. The number of ether oxygens (including phenoxy) is 2. The van der Waals surface area contributed by atoms with E-state index in [0.29, 0.717) is 22.6 Å². The summed E-state index contributed by atoms with van der Waals surface area (Å²) in [6.45, 7) is 5.88. The molecule has 0 unspecified atom stereocenters. The maximum atomic E-state index is 14.3. The molecule has 0 amide bonds. The zero-order valence-electron chi connectivity index (χ0n) is 28.0. The Bertz CT molecular complexity index is 2080. The number of nitro groups is 1. The molecule has 8 heteroatoms. The lowest BCUT2D eigenvalue weighted by molar-refractivity contribution is -0.384. The average Bonchev–Trinajstić information content (AvgIpc) is 3.10. The fourth-order valence-corrected chi connectivity index (χ4v) is 7.33. The molecule has 0 N–H and O–H groups in total. The maximum absolute atomic E-state index is 14.3. The number of carbonyl (C=O) groups excluding carboxylic acids is 2. The van der Waals surface area contributed by atoms with Crippen molar-refractivity contribution in [2.45, 2.75) is 32.1 Å². The first-order valence-corrected chi connectivity index (χ1v) is 16.2. The number of rotatable bonds is 8. The third-order valence-electron chi connectivity index (χ3n) is 9.64. The van der Waals surface area contributed by atoms with Gasteiger partial charge in [-0.05, 0) is 76.3 Å². The van der Waals surface area contributed by atoms with Crippen molar-refractivity contribution in [2.75, 3.05) is 25.6 Å². The minimum absolute atomic E-state index is 0.0187. The van der Waals surface area contributed by atoms with Crippen molar-refractivity contribution in [3.63, 3.8) is 0 Å². The Kier molecular flexibility index (Phi) is 7.62. The summed E-state index contributed by atoms with van der Waals surface area (Å²) >= 11 is 0. The molecule has 246 valence electrons. The van der Waals surface area contributed by atoms with Crippen molar-refractivity contribution in [3.8, 4) is 11.5 Å². The minimum Gasteiger partial charge on any atom is -0.492 e. The van der Waals surface area contributed by atoms with Crippen molar-refractivity contribution in [3.05, 3.63) is 164 Å². The van der Waals surface area contributed by atoms with Gasteiger partial charge in [0.1, 0.15) is 18.1 Å². The van der Waals surface area contributed by atoms with E-state index in [1.54, 1.807) is 12.1 Å². The van der Waals surface area contributed by atoms with Crippen LogP contribution in [0.3, 0.4) is 0 Å². The average molecular weight is 653 g/mol. The van der Waals surface area contributed by atoms with Crippen LogP contribution >= 0.6 is 0 Å². The second-order valence-corrected chi connectivity index (χ2v) is 13.9. The number of ketones is 1. The lowest BCUT2D eigenvalue weighted by Crippen LogP contribution is -2.47. The molecule has 5 aromatic carbocycles. The van der Waals surface area contributed by atoms with Gasteiger partial charge in [-0.15, -0.1) is 0 Å². The zero-order chi connectivity index (χ0) is 34.7. The lowest BCUT2D eigenvalue weighted by Gasteiger charge is -2.51. The fourth-order valence-electron chi connectivity index (χ4n) is 7.33. The molecule has 2 bridgehead atoms. The van der Waals surface area contributed by atoms with Gasteiger partial charge in [-0.2, -0.15) is 0 Å². The number of hydrogen-bond donors (Lipinski definition) is 0. The molecule has 8 nitrogen and oxygen atoms in total. The van der Waals surface area contributed by atoms with Crippen LogP contribution in [0, 0.1) is 15.5 Å². The molecule has 0 spiro atoms. The largest absolute Gasteiger partial charge is 0.492 e. The zero-order valence-corrected chi connectivity index (χ0v) is 28.0. The van der Waals surface area contributed by atoms with Crippen LogP contribution in [-0.2, 0) is 5.41 Å². The van der Waals surface area contributed by atoms with E-state index < -0.39 is 21.7 Å². The van der Waals surface area contributed by atoms with Crippen molar-refractivity contribution < 1.29 is 24.0 Å². The van der Waals surface area contributed by atoms with Crippen LogP contribution in [0.2, 0.25) is 0 Å². The number of nitro benzene ring substituents is 1. The summed E-state index contributed by atoms with van der Waals surface area (Å²) in [5, 5.41) is 11.3. The van der Waals surface area contributed by atoms with Crippen LogP contribution in [0.5, 0.6) is 11.5 Å². The van der Waals surface area contributed by atoms with Gasteiger partial charge in [0.25, 0.3) is 5.69 Å². The standard InChI is InChI=1S/C41H36N2O6/c1-40(2,3)38(44)31-22-23-34(49-39(45)25-14-16-27(17-15-25)43(46)47)37-36(31)35-29-10-6-8-12-32(29)41(37,33-13-9-7-11-30(33)35)24-48-28-20-18-26(19-21-28)42(4)5/h6-23,35H,24H2,1-5H3. The molecule has 0 heterocycles. The molecule has 8 rings (SSSR count). The number of Topliss-reactive ketones (excluding diaryl/α,β-unsaturated/α-hetero) is 1. The Morgan fingerprint density at radius 1 is 0.816 bits per heavy atom. The van der Waals surface area contributed by atoms with Crippen molar-refractivity contribution in [1.82, 2.24) is 0 Å². The smallest absolute Gasteiger partial charge is 0.343 e. The summed E-state index contributed by atoms with van der Waals surface area (Å²) < 4.78 is 13.0. The molecule has 0 fully saturated rings. The molecular formula is C41H36N2O6. The van der Waals surface area contributed by atoms with E-state index in [2.05, 4.69) is 24.3 Å². The van der Waals surface area contributed by atoms with E-state index in [9.17, 15) is 19.7 Å². The highest BCUT2D eigenvalue weighted by Gasteiger charge is 2.55. The Balaban J connectivity index is 1.47. The van der Waals surface area contributed by atoms with E-state index in [-0.39, 0.29) is 29.6 Å². The Morgan fingerprint density at radius 2 is 1.41 bits per heavy atom. The molecule has 5 aromatic rings. The predicted molar refractivity (Wildman–Crippen MR) is 188 cm³/mol. The number of anilines is 1. The summed E-state index contributed by atoms with van der Waals surface area (Å²) in [5.41, 5.74) is 5.71. The lowest BCUT2D eigenvalue weighted by atomic mass is 9.52. The second-order valence-electron chi connectivity index (χ2n) is 13.9. The van der Waals surface area contributed by atoms with Crippen LogP contribution in [-0.4, -0.2) is 37.4 Å². The fraction of sp³-hybridized carbons (Fsp3) is 0.220. The SMILES string of the molecule is CN(C)c1ccc(OCC23c4ccccc4C(c4ccccc42)c2c(C(=O)C(C)(C)C)ccc(OC(=O)c4ccc([N+](=O)[O-])cc4)c23)cc1. The highest BCUT2D eigenvalue weighted by Crippen LogP contribution is 2.62. The van der Waals surface area contributed by atoms with E-state index in [0.717, 1.165) is 33.5 Å². The molecule has 0 radical (unpaired) electrons. The van der Waals surface area contributed by atoms with Gasteiger partial charge >= 0.3 is 5.97 Å². The monoisotopic (exact) mass is 652 g/mol. The van der Waals surface area contributed by atoms with Gasteiger partial charge in [0, 0.05) is 54.4 Å². The van der Waals surface area contributed by atoms with Gasteiger partial charge in [-0.25, -0.2) is 4.79 Å². The van der Waals surface area contributed by atoms with Crippen molar-refractivity contribution in [2.24, 2.45) is 5.41 Å². The van der Waals surface area contributed by atoms with Crippen LogP contribution in [0.25, 0.3) is 0 Å². The first-order valence-electron chi connectivity index (χ1n) is 16.2. The van der Waals surface area contributed by atoms with Crippen molar-refractivity contribution in [1.29, 1.82) is 0 Å². The topological polar surface area (TPSA) is 99.0 Å². The molecule has 3 aliphatic carbocycles. The van der Waals surface area contributed by atoms with E-state index in [1.165, 1.54) is 24.3 Å². The maximum Gasteiger partial charge on any atom is 0.343 e. The Morgan fingerprint density at radius 3 is 1.96 bits per heavy atom. The van der Waals surface area contributed by atoms with Crippen LogP contribution in [0.1, 0.15) is 80.8 Å². The first-order chi connectivity index (χ1) is 23.4. The van der Waals surface area contributed by atoms with Gasteiger partial charge in [-0.3, -0.25) is 14.9 Å². The minimum atomic E-state index is -0.962. The van der Waals surface area contributed by atoms with Crippen LogP contribution in [0.4, 0.5) is 11.4 Å². The molecule has 0 saturated carbocycles. The highest BCUT2D eigenvalue weighted by molar-refractivity contribution is 6.03. The number of benzene rings is 5. The number of carbonyl (C=O) groups is 2. The van der Waals surface area contributed by atoms with E-state index in [1.807, 2.05) is 88.3 Å². The van der Waals surface area contributed by atoms with Crippen molar-refractivity contribution >= 4 is 23.1 Å². The quantitative estimate of drug-likeness (QED) is 0.0546. The number of non-ortho nitro benzene ring substituents is 1. The molecule has 0 saturated heterocycles. The summed E-state index contributed by atoms with van der Waals surface area (Å²) in [6, 6.07) is 33.1. The van der Waals surface area contributed by atoms with Crippen LogP contribution in [0.15, 0.2) is 109 Å². The summed E-state index contributed by atoms with van der Waals surface area (Å²) in [7, 11) is 3.96. The highest BCUT2D eigenvalue weighted by atomic mass is 16.6. The van der Waals surface area contributed by atoms with Gasteiger partial charge < -0.3 is 14.4 Å². The van der Waals surface area contributed by atoms with Gasteiger partial charge in [0.15, 0.2) is 5.78 Å². The van der Waals surface area contributed by atoms with Gasteiger partial charge in [0.2, 0.25) is 0 Å². The number of hydrogen-bond acceptors (Lipinski definition) is 7. The summed E-state index contributed by atoms with van der Waals surface area (Å²) in [5.74, 6) is 0.0167. The molecule has 0 atom stereocenters. The summed E-state index contributed by atoms with van der Waals surface area (Å²) in [4.78, 5) is 40.8. The third kappa shape index (κ3) is 5.15. The number of esters is 1. The van der Waals surface area contributed by atoms with E-state index in [4.69, 9.17) is 9.47 Å². The first kappa shape index (κ1) is 31.8. The molecule has 0 aliphatic heterocycles. The molecular weight excluding hydrogens is 616 g/mol. The Labute approximate surface area is 285 Å². The van der Waals surface area contributed by atoms with Gasteiger partial charge in [-0.1, -0.05) is 69.3 Å². The number of nitrogens with zero attached hydrogens (tertiary/aromatic N) is 2. The second kappa shape index (κ2) is 11.7. The Hall–Kier alpha value is -5.76. The van der Waals surface area contributed by atoms with Crippen LogP contribution < -0.4 is 14.4 Å². The normalized spacial score (nSPS) is 17.0. The molecule has 49 heavy (non-hydrogen) atoms. The summed E-state index contributed by atoms with van der Waals surface area (Å²) in [6.07, 6.45) is 0. The molecule has 3 aliphatic rings. The van der Waals surface area contributed by atoms with E-state index >= 15 is 0 Å².